The van der Waals surface area contributed by atoms with Crippen LogP contribution < -0.4 is 16.4 Å². The molecule has 1 aromatic rings. The van der Waals surface area contributed by atoms with E-state index in [4.69, 9.17) is 10.5 Å². The first kappa shape index (κ1) is 19.5. The number of hydrogen-bond donors (Lipinski definition) is 3. The molecular weight excluding hydrogens is 310 g/mol. The van der Waals surface area contributed by atoms with Gasteiger partial charge in [-0.1, -0.05) is 12.1 Å². The van der Waals surface area contributed by atoms with Crippen LogP contribution >= 0.6 is 0 Å². The summed E-state index contributed by atoms with van der Waals surface area (Å²) in [6, 6.07) is 6.59. The van der Waals surface area contributed by atoms with Gasteiger partial charge in [0, 0.05) is 12.1 Å². The highest BCUT2D eigenvalue weighted by Crippen LogP contribution is 2.10. The summed E-state index contributed by atoms with van der Waals surface area (Å²) in [4.78, 5) is 35.1. The number of primary amides is 1. The highest BCUT2D eigenvalue weighted by molar-refractivity contribution is 5.92. The van der Waals surface area contributed by atoms with E-state index in [0.29, 0.717) is 5.56 Å². The van der Waals surface area contributed by atoms with Crippen LogP contribution in [0.1, 0.15) is 50.5 Å². The molecule has 1 rings (SSSR count). The van der Waals surface area contributed by atoms with Crippen molar-refractivity contribution in [3.8, 4) is 0 Å². The van der Waals surface area contributed by atoms with Crippen LogP contribution in [0.2, 0.25) is 0 Å². The predicted octanol–water partition coefficient (Wildman–Crippen LogP) is 1.70. The van der Waals surface area contributed by atoms with Crippen molar-refractivity contribution in [2.45, 2.75) is 52.3 Å². The highest BCUT2D eigenvalue weighted by Gasteiger charge is 2.31. The van der Waals surface area contributed by atoms with Gasteiger partial charge in [-0.05, 0) is 52.3 Å². The van der Waals surface area contributed by atoms with E-state index >= 15 is 0 Å². The Morgan fingerprint density at radius 1 is 1.04 bits per heavy atom. The summed E-state index contributed by atoms with van der Waals surface area (Å²) >= 11 is 0. The number of benzene rings is 1. The van der Waals surface area contributed by atoms with Crippen LogP contribution in [-0.4, -0.2) is 29.0 Å². The average molecular weight is 335 g/mol. The molecule has 1 aromatic carbocycles. The summed E-state index contributed by atoms with van der Waals surface area (Å²) in [6.07, 6.45) is -0.659. The van der Waals surface area contributed by atoms with Gasteiger partial charge in [0.25, 0.3) is 0 Å². The molecule has 7 nitrogen and oxygen atoms in total. The van der Waals surface area contributed by atoms with Gasteiger partial charge >= 0.3 is 6.09 Å². The van der Waals surface area contributed by atoms with E-state index < -0.39 is 23.1 Å². The minimum atomic E-state index is -1.13. The quantitative estimate of drug-likeness (QED) is 0.760. The zero-order valence-electron chi connectivity index (χ0n) is 14.7. The van der Waals surface area contributed by atoms with Crippen molar-refractivity contribution in [3.05, 3.63) is 35.4 Å². The second kappa shape index (κ2) is 7.33. The number of nitrogens with two attached hydrogens (primary N) is 1. The Labute approximate surface area is 141 Å². The maximum Gasteiger partial charge on any atom is 0.408 e. The number of hydrogen-bond acceptors (Lipinski definition) is 4. The number of carbonyl (C=O) groups excluding carboxylic acids is 3. The molecule has 0 aliphatic rings. The number of carbonyl (C=O) groups is 3. The van der Waals surface area contributed by atoms with Crippen LogP contribution in [-0.2, 0) is 16.1 Å². The molecule has 0 spiro atoms. The topological polar surface area (TPSA) is 111 Å². The van der Waals surface area contributed by atoms with Gasteiger partial charge in [-0.25, -0.2) is 4.79 Å². The van der Waals surface area contributed by atoms with Gasteiger partial charge in [-0.15, -0.1) is 0 Å². The largest absolute Gasteiger partial charge is 0.444 e. The Hall–Kier alpha value is -2.57. The van der Waals surface area contributed by atoms with Crippen molar-refractivity contribution >= 4 is 17.9 Å². The third-order valence-electron chi connectivity index (χ3n) is 3.07. The van der Waals surface area contributed by atoms with Crippen molar-refractivity contribution in [1.29, 1.82) is 0 Å². The number of amides is 3. The summed E-state index contributed by atoms with van der Waals surface area (Å²) in [7, 11) is 0. The summed E-state index contributed by atoms with van der Waals surface area (Å²) in [5.41, 5.74) is 4.61. The molecule has 24 heavy (non-hydrogen) atoms. The molecule has 0 aromatic heterocycles. The molecule has 3 amide bonds. The summed E-state index contributed by atoms with van der Waals surface area (Å²) < 4.78 is 5.15. The van der Waals surface area contributed by atoms with Crippen LogP contribution in [0.25, 0.3) is 0 Å². The van der Waals surface area contributed by atoms with Gasteiger partial charge < -0.3 is 21.1 Å². The standard InChI is InChI=1S/C17H25N3O4/c1-16(2,3)24-15(23)20-17(4,5)14(22)19-10-11-6-8-12(9-7-11)13(18)21/h6-9H,10H2,1-5H3,(H2,18,21)(H,19,22)(H,20,23). The van der Waals surface area contributed by atoms with Gasteiger partial charge in [-0.2, -0.15) is 0 Å². The van der Waals surface area contributed by atoms with E-state index in [-0.39, 0.29) is 12.5 Å². The van der Waals surface area contributed by atoms with E-state index in [1.807, 2.05) is 0 Å². The molecule has 0 unspecified atom stereocenters. The van der Waals surface area contributed by atoms with Crippen LogP contribution in [0.3, 0.4) is 0 Å². The normalized spacial score (nSPS) is 11.5. The minimum absolute atomic E-state index is 0.261. The molecular formula is C17H25N3O4. The number of alkyl carbamates (subject to hydrolysis) is 1. The summed E-state index contributed by atoms with van der Waals surface area (Å²) in [6.45, 7) is 8.67. The molecule has 0 saturated heterocycles. The fraction of sp³-hybridized carbons (Fsp3) is 0.471. The van der Waals surface area contributed by atoms with E-state index in [9.17, 15) is 14.4 Å². The average Bonchev–Trinajstić information content (AvgIpc) is 2.42. The molecule has 132 valence electrons. The fourth-order valence-electron chi connectivity index (χ4n) is 1.81. The van der Waals surface area contributed by atoms with Gasteiger partial charge in [0.15, 0.2) is 0 Å². The molecule has 0 heterocycles. The number of rotatable bonds is 5. The lowest BCUT2D eigenvalue weighted by molar-refractivity contribution is -0.126. The van der Waals surface area contributed by atoms with Crippen LogP contribution in [0.15, 0.2) is 24.3 Å². The molecule has 4 N–H and O–H groups in total. The van der Waals surface area contributed by atoms with E-state index in [1.54, 1.807) is 58.9 Å². The van der Waals surface area contributed by atoms with Gasteiger partial charge in [0.2, 0.25) is 11.8 Å². The lowest BCUT2D eigenvalue weighted by Crippen LogP contribution is -2.55. The SMILES string of the molecule is CC(C)(C)OC(=O)NC(C)(C)C(=O)NCc1ccc(C(N)=O)cc1. The van der Waals surface area contributed by atoms with E-state index in [2.05, 4.69) is 10.6 Å². The monoisotopic (exact) mass is 335 g/mol. The van der Waals surface area contributed by atoms with Crippen LogP contribution in [0.4, 0.5) is 4.79 Å². The highest BCUT2D eigenvalue weighted by atomic mass is 16.6. The molecule has 0 bridgehead atoms. The van der Waals surface area contributed by atoms with E-state index in [0.717, 1.165) is 5.56 Å². The molecule has 0 aliphatic carbocycles. The van der Waals surface area contributed by atoms with E-state index in [1.165, 1.54) is 0 Å². The minimum Gasteiger partial charge on any atom is -0.444 e. The Morgan fingerprint density at radius 3 is 2.04 bits per heavy atom. The molecule has 0 saturated carbocycles. The Kier molecular flexibility index (Phi) is 5.95. The number of nitrogens with one attached hydrogen (secondary N) is 2. The van der Waals surface area contributed by atoms with Crippen molar-refractivity contribution in [2.75, 3.05) is 0 Å². The fourth-order valence-corrected chi connectivity index (χ4v) is 1.81. The number of ether oxygens (including phenoxy) is 1. The zero-order chi connectivity index (χ0) is 18.5. The first-order chi connectivity index (χ1) is 10.9. The maximum absolute atomic E-state index is 12.3. The lowest BCUT2D eigenvalue weighted by Gasteiger charge is -2.27. The third-order valence-corrected chi connectivity index (χ3v) is 3.07. The van der Waals surface area contributed by atoms with Gasteiger partial charge in [-0.3, -0.25) is 9.59 Å². The molecule has 0 aliphatic heterocycles. The Bertz CT molecular complexity index is 616. The Morgan fingerprint density at radius 2 is 1.58 bits per heavy atom. The van der Waals surface area contributed by atoms with Crippen LogP contribution in [0.5, 0.6) is 0 Å². The first-order valence-corrected chi connectivity index (χ1v) is 7.59. The first-order valence-electron chi connectivity index (χ1n) is 7.59. The molecule has 0 radical (unpaired) electrons. The summed E-state index contributed by atoms with van der Waals surface area (Å²) in [5, 5.41) is 5.27. The molecule has 7 heteroatoms. The maximum atomic E-state index is 12.3. The Balaban J connectivity index is 2.59. The molecule has 0 fully saturated rings. The summed E-state index contributed by atoms with van der Waals surface area (Å²) in [5.74, 6) is -0.861. The van der Waals surface area contributed by atoms with Gasteiger partial charge in [0.1, 0.15) is 11.1 Å². The van der Waals surface area contributed by atoms with Crippen molar-refractivity contribution in [3.63, 3.8) is 0 Å². The smallest absolute Gasteiger partial charge is 0.408 e. The lowest BCUT2D eigenvalue weighted by atomic mass is 10.0. The van der Waals surface area contributed by atoms with Crippen molar-refractivity contribution < 1.29 is 19.1 Å². The predicted molar refractivity (Wildman–Crippen MR) is 90.3 cm³/mol. The van der Waals surface area contributed by atoms with Crippen molar-refractivity contribution in [2.24, 2.45) is 5.73 Å². The second-order valence-electron chi connectivity index (χ2n) is 7.00. The van der Waals surface area contributed by atoms with Crippen molar-refractivity contribution in [1.82, 2.24) is 10.6 Å². The zero-order valence-corrected chi connectivity index (χ0v) is 14.7. The molecule has 0 atom stereocenters. The van der Waals surface area contributed by atoms with Crippen LogP contribution in [0, 0.1) is 0 Å². The second-order valence-corrected chi connectivity index (χ2v) is 7.00. The van der Waals surface area contributed by atoms with Gasteiger partial charge in [0.05, 0.1) is 0 Å². The third kappa shape index (κ3) is 6.28.